The molecule has 0 bridgehead atoms. The first-order chi connectivity index (χ1) is 12.4. The van der Waals surface area contributed by atoms with E-state index in [1.54, 1.807) is 17.1 Å². The number of carbonyl (C=O) groups excluding carboxylic acids is 1. The number of rotatable bonds is 4. The summed E-state index contributed by atoms with van der Waals surface area (Å²) in [7, 11) is 1.81. The molecule has 0 aliphatic heterocycles. The minimum atomic E-state index is -1.03. The average Bonchev–Trinajstić information content (AvgIpc) is 3.03. The summed E-state index contributed by atoms with van der Waals surface area (Å²) in [4.78, 5) is 32.8. The number of hydrogen-bond acceptors (Lipinski definition) is 5. The lowest BCUT2D eigenvalue weighted by Crippen LogP contribution is -2.45. The number of amides is 2. The second kappa shape index (κ2) is 7.69. The Morgan fingerprint density at radius 1 is 1.23 bits per heavy atom. The van der Waals surface area contributed by atoms with E-state index in [9.17, 15) is 9.59 Å². The summed E-state index contributed by atoms with van der Waals surface area (Å²) in [5, 5.41) is 14.8. The van der Waals surface area contributed by atoms with Crippen molar-refractivity contribution in [3.63, 3.8) is 0 Å². The SMILES string of the molecule is Cn1cc(-c2cnc(N(C(=O)Cl)[C@H]3CC[C@H](NC(=O)O)CC3)cn2)cn1. The molecule has 0 saturated heterocycles. The van der Waals surface area contributed by atoms with Gasteiger partial charge in [0.2, 0.25) is 0 Å². The van der Waals surface area contributed by atoms with Crippen molar-refractivity contribution < 1.29 is 14.7 Å². The van der Waals surface area contributed by atoms with E-state index in [1.807, 2.05) is 13.2 Å². The van der Waals surface area contributed by atoms with Crippen LogP contribution in [0.2, 0.25) is 0 Å². The minimum Gasteiger partial charge on any atom is -0.465 e. The predicted molar refractivity (Wildman–Crippen MR) is 95.2 cm³/mol. The molecule has 3 rings (SSSR count). The quantitative estimate of drug-likeness (QED) is 0.624. The second-order valence-electron chi connectivity index (χ2n) is 6.24. The first-order valence-corrected chi connectivity index (χ1v) is 8.61. The second-order valence-corrected chi connectivity index (χ2v) is 6.56. The van der Waals surface area contributed by atoms with Crippen LogP contribution in [0.25, 0.3) is 11.3 Å². The number of anilines is 1. The molecule has 0 unspecified atom stereocenters. The molecule has 2 heterocycles. The van der Waals surface area contributed by atoms with E-state index in [0.717, 1.165) is 5.56 Å². The van der Waals surface area contributed by atoms with Crippen LogP contribution in [0, 0.1) is 0 Å². The average molecular weight is 379 g/mol. The molecule has 0 atom stereocenters. The summed E-state index contributed by atoms with van der Waals surface area (Å²) in [5.41, 5.74) is 1.48. The summed E-state index contributed by atoms with van der Waals surface area (Å²) in [5.74, 6) is 0.382. The summed E-state index contributed by atoms with van der Waals surface area (Å²) in [6, 6.07) is -0.236. The molecule has 1 aliphatic carbocycles. The van der Waals surface area contributed by atoms with Gasteiger partial charge < -0.3 is 10.4 Å². The van der Waals surface area contributed by atoms with Gasteiger partial charge in [0.1, 0.15) is 0 Å². The Kier molecular flexibility index (Phi) is 5.36. The molecule has 2 aromatic heterocycles. The molecular formula is C16H19ClN6O3. The third-order valence-corrected chi connectivity index (χ3v) is 4.65. The Morgan fingerprint density at radius 2 is 1.96 bits per heavy atom. The fourth-order valence-corrected chi connectivity index (χ4v) is 3.45. The standard InChI is InChI=1S/C16H19ClN6O3/c1-22-9-10(6-20-22)13-7-19-14(8-18-13)23(15(17)24)12-4-2-11(3-5-12)21-16(25)26/h6-9,11-12,21H,2-5H2,1H3,(H,25,26)/t11-,12-. The zero-order valence-electron chi connectivity index (χ0n) is 14.2. The fraction of sp³-hybridized carbons (Fsp3) is 0.438. The van der Waals surface area contributed by atoms with Crippen molar-refractivity contribution in [1.29, 1.82) is 0 Å². The van der Waals surface area contributed by atoms with E-state index in [-0.39, 0.29) is 12.1 Å². The van der Waals surface area contributed by atoms with Gasteiger partial charge in [-0.2, -0.15) is 5.10 Å². The molecule has 2 N–H and O–H groups in total. The molecule has 1 saturated carbocycles. The molecule has 138 valence electrons. The van der Waals surface area contributed by atoms with Crippen molar-refractivity contribution >= 4 is 28.9 Å². The molecule has 9 nitrogen and oxygen atoms in total. The van der Waals surface area contributed by atoms with Crippen molar-refractivity contribution in [3.05, 3.63) is 24.8 Å². The summed E-state index contributed by atoms with van der Waals surface area (Å²) in [6.07, 6.45) is 8.12. The number of aryl methyl sites for hydroxylation is 1. The zero-order valence-corrected chi connectivity index (χ0v) is 14.9. The monoisotopic (exact) mass is 378 g/mol. The highest BCUT2D eigenvalue weighted by molar-refractivity contribution is 6.66. The van der Waals surface area contributed by atoms with E-state index in [4.69, 9.17) is 16.7 Å². The molecule has 2 aromatic rings. The van der Waals surface area contributed by atoms with Crippen molar-refractivity contribution in [2.45, 2.75) is 37.8 Å². The lowest BCUT2D eigenvalue weighted by molar-refractivity contribution is 0.184. The Labute approximate surface area is 155 Å². The summed E-state index contributed by atoms with van der Waals surface area (Å²) >= 11 is 5.79. The van der Waals surface area contributed by atoms with Crippen molar-refractivity contribution in [2.24, 2.45) is 7.05 Å². The molecule has 10 heteroatoms. The van der Waals surface area contributed by atoms with Gasteiger partial charge in [-0.1, -0.05) is 0 Å². The first-order valence-electron chi connectivity index (χ1n) is 8.23. The normalized spacial score (nSPS) is 19.8. The molecule has 0 radical (unpaired) electrons. The van der Waals surface area contributed by atoms with Gasteiger partial charge in [0.25, 0.3) is 0 Å². The number of halogens is 1. The molecule has 0 aromatic carbocycles. The molecule has 1 aliphatic rings. The van der Waals surface area contributed by atoms with E-state index in [2.05, 4.69) is 20.4 Å². The van der Waals surface area contributed by atoms with E-state index in [1.165, 1.54) is 11.1 Å². The van der Waals surface area contributed by atoms with E-state index in [0.29, 0.717) is 37.2 Å². The first kappa shape index (κ1) is 18.1. The van der Waals surface area contributed by atoms with Gasteiger partial charge in [0, 0.05) is 30.9 Å². The topological polar surface area (TPSA) is 113 Å². The fourth-order valence-electron chi connectivity index (χ4n) is 3.22. The van der Waals surface area contributed by atoms with E-state index < -0.39 is 11.5 Å². The number of carbonyl (C=O) groups is 2. The summed E-state index contributed by atoms with van der Waals surface area (Å²) in [6.45, 7) is 0. The van der Waals surface area contributed by atoms with Crippen LogP contribution < -0.4 is 10.2 Å². The van der Waals surface area contributed by atoms with Crippen molar-refractivity contribution in [1.82, 2.24) is 25.1 Å². The molecule has 2 amide bonds. The number of carboxylic acid groups (broad SMARTS) is 1. The molecular weight excluding hydrogens is 360 g/mol. The lowest BCUT2D eigenvalue weighted by Gasteiger charge is -2.34. The van der Waals surface area contributed by atoms with Crippen LogP contribution in [0.4, 0.5) is 15.4 Å². The maximum atomic E-state index is 12.0. The van der Waals surface area contributed by atoms with Crippen LogP contribution in [-0.4, -0.2) is 48.4 Å². The van der Waals surface area contributed by atoms with Gasteiger partial charge in [0.15, 0.2) is 5.82 Å². The third-order valence-electron chi connectivity index (χ3n) is 4.46. The molecule has 1 fully saturated rings. The highest BCUT2D eigenvalue weighted by atomic mass is 35.5. The van der Waals surface area contributed by atoms with E-state index >= 15 is 0 Å². The van der Waals surface area contributed by atoms with Gasteiger partial charge >= 0.3 is 11.5 Å². The Bertz CT molecular complexity index is 786. The van der Waals surface area contributed by atoms with Crippen molar-refractivity contribution in [2.75, 3.05) is 4.90 Å². The Balaban J connectivity index is 1.72. The van der Waals surface area contributed by atoms with Crippen molar-refractivity contribution in [3.8, 4) is 11.3 Å². The van der Waals surface area contributed by atoms with Gasteiger partial charge in [-0.15, -0.1) is 0 Å². The smallest absolute Gasteiger partial charge is 0.404 e. The number of aromatic nitrogens is 4. The molecule has 26 heavy (non-hydrogen) atoms. The van der Waals surface area contributed by atoms with Crippen LogP contribution in [-0.2, 0) is 7.05 Å². The largest absolute Gasteiger partial charge is 0.465 e. The Hall–Kier alpha value is -2.68. The maximum absolute atomic E-state index is 12.0. The Morgan fingerprint density at radius 3 is 2.46 bits per heavy atom. The van der Waals surface area contributed by atoms with Crippen LogP contribution >= 0.6 is 11.6 Å². The molecule has 0 spiro atoms. The highest BCUT2D eigenvalue weighted by Gasteiger charge is 2.30. The van der Waals surface area contributed by atoms with Crippen LogP contribution in [0.15, 0.2) is 24.8 Å². The lowest BCUT2D eigenvalue weighted by atomic mass is 9.90. The van der Waals surface area contributed by atoms with Crippen LogP contribution in [0.1, 0.15) is 25.7 Å². The zero-order chi connectivity index (χ0) is 18.7. The van der Waals surface area contributed by atoms with Gasteiger partial charge in [0.05, 0.1) is 24.3 Å². The van der Waals surface area contributed by atoms with Crippen LogP contribution in [0.3, 0.4) is 0 Å². The highest BCUT2D eigenvalue weighted by Crippen LogP contribution is 2.28. The minimum absolute atomic E-state index is 0.102. The van der Waals surface area contributed by atoms with Gasteiger partial charge in [-0.3, -0.25) is 19.4 Å². The summed E-state index contributed by atoms with van der Waals surface area (Å²) < 4.78 is 1.67. The predicted octanol–water partition coefficient (Wildman–Crippen LogP) is 2.62. The number of nitrogens with zero attached hydrogens (tertiary/aromatic N) is 5. The van der Waals surface area contributed by atoms with Gasteiger partial charge in [-0.25, -0.2) is 9.78 Å². The number of nitrogens with one attached hydrogen (secondary N) is 1. The maximum Gasteiger partial charge on any atom is 0.404 e. The van der Waals surface area contributed by atoms with Crippen LogP contribution in [0.5, 0.6) is 0 Å². The third kappa shape index (κ3) is 4.10. The van der Waals surface area contributed by atoms with Gasteiger partial charge in [-0.05, 0) is 37.3 Å². The number of hydrogen-bond donors (Lipinski definition) is 2.